The summed E-state index contributed by atoms with van der Waals surface area (Å²) in [6, 6.07) is 0. The number of halogens is 3. The number of hydrogen-bond acceptors (Lipinski definition) is 1. The third-order valence-corrected chi connectivity index (χ3v) is 1.05. The van der Waals surface area contributed by atoms with Gasteiger partial charge in [0.25, 0.3) is 5.24 Å². The standard InChI is InChI=1S/C4H5ClF2O/c1-4(7,2-6)3(5)8/h2H2,1H3. The fourth-order valence-corrected chi connectivity index (χ4v) is 0.103. The summed E-state index contributed by atoms with van der Waals surface area (Å²) in [6.45, 7) is -0.572. The van der Waals surface area contributed by atoms with E-state index in [0.29, 0.717) is 0 Å². The van der Waals surface area contributed by atoms with Crippen LogP contribution in [0.15, 0.2) is 0 Å². The Morgan fingerprint density at radius 3 is 2.25 bits per heavy atom. The Morgan fingerprint density at radius 2 is 2.25 bits per heavy atom. The molecule has 1 atom stereocenters. The van der Waals surface area contributed by atoms with Crippen LogP contribution in [0.2, 0.25) is 0 Å². The van der Waals surface area contributed by atoms with Gasteiger partial charge in [-0.15, -0.1) is 0 Å². The summed E-state index contributed by atoms with van der Waals surface area (Å²) in [6.07, 6.45) is 0. The van der Waals surface area contributed by atoms with Crippen LogP contribution >= 0.6 is 11.6 Å². The maximum Gasteiger partial charge on any atom is 0.261 e. The summed E-state index contributed by atoms with van der Waals surface area (Å²) in [5.74, 6) is 0. The van der Waals surface area contributed by atoms with Gasteiger partial charge in [0.1, 0.15) is 6.67 Å². The minimum absolute atomic E-state index is 0.794. The molecule has 1 unspecified atom stereocenters. The smallest absolute Gasteiger partial charge is 0.261 e. The van der Waals surface area contributed by atoms with Crippen molar-refractivity contribution in [2.24, 2.45) is 0 Å². The first-order valence-electron chi connectivity index (χ1n) is 1.95. The van der Waals surface area contributed by atoms with Crippen LogP contribution in [-0.2, 0) is 4.79 Å². The predicted octanol–water partition coefficient (Wildman–Crippen LogP) is 1.45. The van der Waals surface area contributed by atoms with Crippen LogP contribution in [-0.4, -0.2) is 17.6 Å². The quantitative estimate of drug-likeness (QED) is 0.534. The molecule has 0 aromatic heterocycles. The molecular weight excluding hydrogens is 137 g/mol. The molecule has 0 bridgehead atoms. The highest BCUT2D eigenvalue weighted by Gasteiger charge is 2.30. The summed E-state index contributed by atoms with van der Waals surface area (Å²) in [4.78, 5) is 9.85. The molecular formula is C4H5ClF2O. The van der Waals surface area contributed by atoms with Crippen molar-refractivity contribution in [3.05, 3.63) is 0 Å². The normalized spacial score (nSPS) is 17.5. The fraction of sp³-hybridized carbons (Fsp3) is 0.750. The maximum atomic E-state index is 12.1. The van der Waals surface area contributed by atoms with Crippen LogP contribution in [0.3, 0.4) is 0 Å². The Bertz CT molecular complexity index is 102. The number of carbonyl (C=O) groups excluding carboxylic acids is 1. The number of rotatable bonds is 2. The molecule has 48 valence electrons. The molecule has 0 aliphatic rings. The van der Waals surface area contributed by atoms with Gasteiger partial charge in [0, 0.05) is 0 Å². The SMILES string of the molecule is CC(F)(CF)C(=O)Cl. The highest BCUT2D eigenvalue weighted by atomic mass is 35.5. The van der Waals surface area contributed by atoms with E-state index in [0.717, 1.165) is 6.92 Å². The van der Waals surface area contributed by atoms with E-state index < -0.39 is 17.6 Å². The van der Waals surface area contributed by atoms with E-state index in [9.17, 15) is 13.6 Å². The molecule has 0 rings (SSSR count). The molecule has 1 nitrogen and oxygen atoms in total. The summed E-state index contributed by atoms with van der Waals surface area (Å²) in [5, 5.41) is -1.29. The van der Waals surface area contributed by atoms with Crippen molar-refractivity contribution in [3.63, 3.8) is 0 Å². The van der Waals surface area contributed by atoms with Crippen molar-refractivity contribution in [1.82, 2.24) is 0 Å². The monoisotopic (exact) mass is 142 g/mol. The van der Waals surface area contributed by atoms with E-state index >= 15 is 0 Å². The fourth-order valence-electron chi connectivity index (χ4n) is 0.0525. The van der Waals surface area contributed by atoms with Gasteiger partial charge in [-0.05, 0) is 18.5 Å². The highest BCUT2D eigenvalue weighted by molar-refractivity contribution is 6.65. The van der Waals surface area contributed by atoms with Crippen molar-refractivity contribution in [2.75, 3.05) is 6.67 Å². The second kappa shape index (κ2) is 2.40. The lowest BCUT2D eigenvalue weighted by atomic mass is 10.2. The van der Waals surface area contributed by atoms with Crippen molar-refractivity contribution in [2.45, 2.75) is 12.6 Å². The van der Waals surface area contributed by atoms with Gasteiger partial charge < -0.3 is 0 Å². The zero-order valence-corrected chi connectivity index (χ0v) is 5.01. The zero-order valence-electron chi connectivity index (χ0n) is 4.25. The molecule has 0 fully saturated rings. The topological polar surface area (TPSA) is 17.1 Å². The minimum atomic E-state index is -2.50. The Labute approximate surface area is 50.6 Å². The molecule has 0 heterocycles. The predicted molar refractivity (Wildman–Crippen MR) is 26.3 cm³/mol. The number of hydrogen-bond donors (Lipinski definition) is 0. The summed E-state index contributed by atoms with van der Waals surface area (Å²) in [5.41, 5.74) is -2.50. The van der Waals surface area contributed by atoms with Crippen molar-refractivity contribution in [3.8, 4) is 0 Å². The Kier molecular flexibility index (Phi) is 2.34. The van der Waals surface area contributed by atoms with Crippen LogP contribution in [0, 0.1) is 0 Å². The van der Waals surface area contributed by atoms with Crippen molar-refractivity contribution in [1.29, 1.82) is 0 Å². The largest absolute Gasteiger partial charge is 0.278 e. The first kappa shape index (κ1) is 7.82. The Morgan fingerprint density at radius 1 is 1.88 bits per heavy atom. The Hall–Kier alpha value is -0.180. The molecule has 0 saturated heterocycles. The summed E-state index contributed by atoms with van der Waals surface area (Å²) < 4.78 is 23.4. The lowest BCUT2D eigenvalue weighted by Gasteiger charge is -2.07. The molecule has 0 aromatic carbocycles. The average Bonchev–Trinajstić information content (AvgIpc) is 1.67. The molecule has 0 saturated carbocycles. The van der Waals surface area contributed by atoms with Gasteiger partial charge in [0.15, 0.2) is 0 Å². The Balaban J connectivity index is 3.91. The summed E-state index contributed by atoms with van der Waals surface area (Å²) >= 11 is 4.62. The highest BCUT2D eigenvalue weighted by Crippen LogP contribution is 2.13. The third kappa shape index (κ3) is 1.74. The van der Waals surface area contributed by atoms with E-state index in [4.69, 9.17) is 0 Å². The van der Waals surface area contributed by atoms with Crippen LogP contribution in [0.25, 0.3) is 0 Å². The van der Waals surface area contributed by atoms with Crippen LogP contribution in [0.4, 0.5) is 8.78 Å². The lowest BCUT2D eigenvalue weighted by molar-refractivity contribution is -0.122. The molecule has 0 amide bonds. The van der Waals surface area contributed by atoms with Gasteiger partial charge in [0.05, 0.1) is 0 Å². The third-order valence-electron chi connectivity index (χ3n) is 0.661. The molecule has 4 heteroatoms. The summed E-state index contributed by atoms with van der Waals surface area (Å²) in [7, 11) is 0. The molecule has 8 heavy (non-hydrogen) atoms. The zero-order chi connectivity index (χ0) is 6.78. The first-order valence-corrected chi connectivity index (χ1v) is 2.33. The van der Waals surface area contributed by atoms with Crippen LogP contribution < -0.4 is 0 Å². The van der Waals surface area contributed by atoms with Crippen molar-refractivity contribution < 1.29 is 13.6 Å². The van der Waals surface area contributed by atoms with Crippen LogP contribution in [0.5, 0.6) is 0 Å². The second-order valence-corrected chi connectivity index (χ2v) is 1.95. The van der Waals surface area contributed by atoms with Gasteiger partial charge in [0.2, 0.25) is 5.67 Å². The maximum absolute atomic E-state index is 12.1. The molecule has 0 N–H and O–H groups in total. The molecule has 0 aromatic rings. The van der Waals surface area contributed by atoms with E-state index in [1.807, 2.05) is 0 Å². The van der Waals surface area contributed by atoms with Gasteiger partial charge in [-0.3, -0.25) is 4.79 Å². The average molecular weight is 143 g/mol. The van der Waals surface area contributed by atoms with Gasteiger partial charge >= 0.3 is 0 Å². The van der Waals surface area contributed by atoms with E-state index in [-0.39, 0.29) is 0 Å². The van der Waals surface area contributed by atoms with Gasteiger partial charge in [-0.1, -0.05) is 0 Å². The van der Waals surface area contributed by atoms with Gasteiger partial charge in [-0.25, -0.2) is 8.78 Å². The lowest BCUT2D eigenvalue weighted by Crippen LogP contribution is -2.28. The number of alkyl halides is 2. The molecule has 0 spiro atoms. The second-order valence-electron chi connectivity index (χ2n) is 1.60. The first-order chi connectivity index (χ1) is 3.50. The van der Waals surface area contributed by atoms with Crippen molar-refractivity contribution >= 4 is 16.8 Å². The van der Waals surface area contributed by atoms with E-state index in [1.165, 1.54) is 0 Å². The number of carbonyl (C=O) groups is 1. The molecule has 0 radical (unpaired) electrons. The van der Waals surface area contributed by atoms with Gasteiger partial charge in [-0.2, -0.15) is 0 Å². The molecule has 0 aliphatic heterocycles. The minimum Gasteiger partial charge on any atom is -0.278 e. The van der Waals surface area contributed by atoms with E-state index in [2.05, 4.69) is 11.6 Å². The van der Waals surface area contributed by atoms with E-state index in [1.54, 1.807) is 0 Å². The molecule has 0 aliphatic carbocycles. The van der Waals surface area contributed by atoms with Crippen LogP contribution in [0.1, 0.15) is 6.92 Å².